The van der Waals surface area contributed by atoms with Gasteiger partial charge in [0.2, 0.25) is 11.8 Å². The van der Waals surface area contributed by atoms with Gasteiger partial charge < -0.3 is 9.69 Å². The number of piperidine rings is 1. The fraction of sp³-hybridized carbons (Fsp3) is 0.467. The zero-order chi connectivity index (χ0) is 15.0. The Morgan fingerprint density at radius 2 is 2.14 bits per heavy atom. The van der Waals surface area contributed by atoms with Gasteiger partial charge in [-0.1, -0.05) is 0 Å². The van der Waals surface area contributed by atoms with E-state index in [4.69, 9.17) is 0 Å². The topological polar surface area (TPSA) is 79.4 Å². The molecule has 0 radical (unpaired) electrons. The third-order valence-electron chi connectivity index (χ3n) is 4.14. The predicted octanol–water partition coefficient (Wildman–Crippen LogP) is 0.545. The third kappa shape index (κ3) is 2.53. The molecule has 2 fully saturated rings. The average Bonchev–Trinajstić information content (AvgIpc) is 2.39. The Morgan fingerprint density at radius 3 is 2.76 bits per heavy atom. The van der Waals surface area contributed by atoms with Crippen LogP contribution < -0.4 is 10.2 Å². The highest BCUT2D eigenvalue weighted by Crippen LogP contribution is 2.30. The van der Waals surface area contributed by atoms with Crippen molar-refractivity contribution in [2.24, 2.45) is 5.92 Å². The number of nitrogens with one attached hydrogen (secondary N) is 1. The van der Waals surface area contributed by atoms with Crippen molar-refractivity contribution in [3.8, 4) is 0 Å². The first kappa shape index (κ1) is 13.7. The maximum Gasteiger partial charge on any atom is 0.235 e. The van der Waals surface area contributed by atoms with Crippen LogP contribution in [0, 0.1) is 12.8 Å². The van der Waals surface area contributed by atoms with Crippen LogP contribution in [0.4, 0.5) is 5.69 Å². The summed E-state index contributed by atoms with van der Waals surface area (Å²) in [6, 6.07) is 1.91. The molecule has 2 aliphatic rings. The van der Waals surface area contributed by atoms with Crippen molar-refractivity contribution in [2.45, 2.75) is 25.7 Å². The molecule has 110 valence electrons. The van der Waals surface area contributed by atoms with Crippen LogP contribution in [0.5, 0.6) is 0 Å². The lowest BCUT2D eigenvalue weighted by atomic mass is 9.93. The number of amides is 2. The number of nitrogens with zero attached hydrogens (tertiary/aromatic N) is 2. The molecule has 2 amide bonds. The molecule has 2 aliphatic heterocycles. The number of carbonyl (C=O) groups excluding carboxylic acids is 3. The SMILES string of the molecule is Cc1cc(C2CCC(=O)NC2=O)ncc1N1CC(C=O)C1. The van der Waals surface area contributed by atoms with E-state index in [1.165, 1.54) is 0 Å². The Balaban J connectivity index is 1.77. The minimum atomic E-state index is -0.352. The Hall–Kier alpha value is -2.24. The van der Waals surface area contributed by atoms with Crippen molar-refractivity contribution in [1.82, 2.24) is 10.3 Å². The van der Waals surface area contributed by atoms with Crippen LogP contribution >= 0.6 is 0 Å². The van der Waals surface area contributed by atoms with E-state index in [2.05, 4.69) is 15.2 Å². The van der Waals surface area contributed by atoms with Gasteiger partial charge in [-0.2, -0.15) is 0 Å². The second-order valence-electron chi connectivity index (χ2n) is 5.70. The van der Waals surface area contributed by atoms with Crippen LogP contribution in [-0.4, -0.2) is 36.2 Å². The van der Waals surface area contributed by atoms with Crippen LogP contribution in [0.2, 0.25) is 0 Å². The van der Waals surface area contributed by atoms with E-state index in [0.29, 0.717) is 18.5 Å². The minimum absolute atomic E-state index is 0.110. The monoisotopic (exact) mass is 287 g/mol. The first-order valence-electron chi connectivity index (χ1n) is 7.09. The molecule has 3 heterocycles. The Kier molecular flexibility index (Phi) is 3.45. The van der Waals surface area contributed by atoms with Crippen molar-refractivity contribution >= 4 is 23.8 Å². The van der Waals surface area contributed by atoms with E-state index < -0.39 is 0 Å². The summed E-state index contributed by atoms with van der Waals surface area (Å²) in [6.07, 6.45) is 3.60. The lowest BCUT2D eigenvalue weighted by Gasteiger charge is -2.39. The molecule has 0 aromatic carbocycles. The van der Waals surface area contributed by atoms with Crippen molar-refractivity contribution in [3.63, 3.8) is 0 Å². The van der Waals surface area contributed by atoms with Gasteiger partial charge in [-0.15, -0.1) is 0 Å². The molecule has 21 heavy (non-hydrogen) atoms. The number of pyridine rings is 1. The van der Waals surface area contributed by atoms with Gasteiger partial charge in [0.25, 0.3) is 0 Å². The van der Waals surface area contributed by atoms with Crippen LogP contribution in [0.15, 0.2) is 12.3 Å². The van der Waals surface area contributed by atoms with Crippen molar-refractivity contribution in [2.75, 3.05) is 18.0 Å². The van der Waals surface area contributed by atoms with Crippen LogP contribution in [0.1, 0.15) is 30.0 Å². The maximum absolute atomic E-state index is 11.9. The third-order valence-corrected chi connectivity index (χ3v) is 4.14. The minimum Gasteiger partial charge on any atom is -0.369 e. The average molecular weight is 287 g/mol. The van der Waals surface area contributed by atoms with Crippen LogP contribution in [0.25, 0.3) is 0 Å². The van der Waals surface area contributed by atoms with E-state index in [-0.39, 0.29) is 23.7 Å². The maximum atomic E-state index is 11.9. The number of aromatic nitrogens is 1. The molecular formula is C15H17N3O3. The molecule has 1 atom stereocenters. The number of rotatable bonds is 3. The molecule has 3 rings (SSSR count). The number of aldehydes is 1. The molecule has 1 aromatic heterocycles. The first-order valence-corrected chi connectivity index (χ1v) is 7.09. The number of anilines is 1. The highest BCUT2D eigenvalue weighted by atomic mass is 16.2. The zero-order valence-electron chi connectivity index (χ0n) is 11.8. The smallest absolute Gasteiger partial charge is 0.235 e. The van der Waals surface area contributed by atoms with Crippen molar-refractivity contribution < 1.29 is 14.4 Å². The van der Waals surface area contributed by atoms with E-state index in [1.54, 1.807) is 6.20 Å². The van der Waals surface area contributed by atoms with Crippen LogP contribution in [0.3, 0.4) is 0 Å². The lowest BCUT2D eigenvalue weighted by Crippen LogP contribution is -2.47. The Morgan fingerprint density at radius 1 is 1.38 bits per heavy atom. The van der Waals surface area contributed by atoms with E-state index >= 15 is 0 Å². The first-order chi connectivity index (χ1) is 10.1. The summed E-state index contributed by atoms with van der Waals surface area (Å²) < 4.78 is 0. The summed E-state index contributed by atoms with van der Waals surface area (Å²) in [6.45, 7) is 3.42. The fourth-order valence-corrected chi connectivity index (χ4v) is 2.86. The standard InChI is InChI=1S/C15H17N3O3/c1-9-4-12(11-2-3-14(20)17-15(11)21)16-5-13(9)18-6-10(7-18)8-19/h4-5,8,10-11H,2-3,6-7H2,1H3,(H,17,20,21). The quantitative estimate of drug-likeness (QED) is 0.648. The second-order valence-corrected chi connectivity index (χ2v) is 5.70. The lowest BCUT2D eigenvalue weighted by molar-refractivity contribution is -0.134. The summed E-state index contributed by atoms with van der Waals surface area (Å²) in [4.78, 5) is 40.2. The van der Waals surface area contributed by atoms with Gasteiger partial charge in [-0.05, 0) is 25.0 Å². The molecule has 0 aliphatic carbocycles. The number of carbonyl (C=O) groups is 3. The summed E-state index contributed by atoms with van der Waals surface area (Å²) >= 11 is 0. The van der Waals surface area contributed by atoms with Gasteiger partial charge >= 0.3 is 0 Å². The zero-order valence-corrected chi connectivity index (χ0v) is 11.8. The summed E-state index contributed by atoms with van der Waals surface area (Å²) in [7, 11) is 0. The molecule has 1 unspecified atom stereocenters. The van der Waals surface area contributed by atoms with E-state index in [1.807, 2.05) is 13.0 Å². The van der Waals surface area contributed by atoms with Crippen molar-refractivity contribution in [3.05, 3.63) is 23.5 Å². The van der Waals surface area contributed by atoms with Gasteiger partial charge in [-0.25, -0.2) is 0 Å². The van der Waals surface area contributed by atoms with Crippen LogP contribution in [-0.2, 0) is 14.4 Å². The van der Waals surface area contributed by atoms with Gasteiger partial charge in [0.15, 0.2) is 0 Å². The van der Waals surface area contributed by atoms with Gasteiger partial charge in [0, 0.05) is 25.4 Å². The van der Waals surface area contributed by atoms with E-state index in [9.17, 15) is 14.4 Å². The highest BCUT2D eigenvalue weighted by Gasteiger charge is 2.31. The molecule has 0 saturated carbocycles. The van der Waals surface area contributed by atoms with E-state index in [0.717, 1.165) is 30.6 Å². The fourth-order valence-electron chi connectivity index (χ4n) is 2.86. The van der Waals surface area contributed by atoms with Gasteiger partial charge in [-0.3, -0.25) is 19.9 Å². The number of aryl methyl sites for hydroxylation is 1. The molecule has 0 bridgehead atoms. The Bertz CT molecular complexity index is 608. The molecule has 2 saturated heterocycles. The normalized spacial score (nSPS) is 22.7. The number of hydrogen-bond acceptors (Lipinski definition) is 5. The molecule has 0 spiro atoms. The van der Waals surface area contributed by atoms with Gasteiger partial charge in [0.05, 0.1) is 23.5 Å². The molecular weight excluding hydrogens is 270 g/mol. The Labute approximate surface area is 122 Å². The second kappa shape index (κ2) is 5.27. The largest absolute Gasteiger partial charge is 0.369 e. The molecule has 1 N–H and O–H groups in total. The summed E-state index contributed by atoms with van der Waals surface area (Å²) in [5, 5.41) is 2.35. The van der Waals surface area contributed by atoms with Gasteiger partial charge in [0.1, 0.15) is 6.29 Å². The number of hydrogen-bond donors (Lipinski definition) is 1. The molecule has 1 aromatic rings. The summed E-state index contributed by atoms with van der Waals surface area (Å²) in [5.41, 5.74) is 2.74. The predicted molar refractivity (Wildman–Crippen MR) is 75.9 cm³/mol. The van der Waals surface area contributed by atoms with Crippen molar-refractivity contribution in [1.29, 1.82) is 0 Å². The summed E-state index contributed by atoms with van der Waals surface area (Å²) in [5.74, 6) is -0.727. The number of imide groups is 1. The molecule has 6 heteroatoms. The highest BCUT2D eigenvalue weighted by molar-refractivity contribution is 6.00. The molecule has 6 nitrogen and oxygen atoms in total.